The van der Waals surface area contributed by atoms with Gasteiger partial charge >= 0.3 is 0 Å². The molecule has 0 heterocycles. The van der Waals surface area contributed by atoms with Crippen molar-refractivity contribution in [2.75, 3.05) is 0 Å². The fraction of sp³-hybridized carbons (Fsp3) is 0.941. The molecular formula is C17H32N2O. The molecule has 0 aliphatic heterocycles. The highest BCUT2D eigenvalue weighted by Gasteiger charge is 2.27. The van der Waals surface area contributed by atoms with Gasteiger partial charge in [-0.2, -0.15) is 0 Å². The molecule has 2 aliphatic rings. The summed E-state index contributed by atoms with van der Waals surface area (Å²) in [6, 6.07) is 0.880. The van der Waals surface area contributed by atoms with E-state index in [1.54, 1.807) is 0 Å². The molecule has 116 valence electrons. The van der Waals surface area contributed by atoms with Crippen LogP contribution in [0.3, 0.4) is 0 Å². The van der Waals surface area contributed by atoms with Crippen LogP contribution in [0.25, 0.3) is 0 Å². The fourth-order valence-electron chi connectivity index (χ4n) is 4.09. The third-order valence-electron chi connectivity index (χ3n) is 5.01. The molecule has 0 aromatic rings. The Hall–Kier alpha value is -0.570. The molecule has 20 heavy (non-hydrogen) atoms. The first-order valence-electron chi connectivity index (χ1n) is 8.61. The highest BCUT2D eigenvalue weighted by Crippen LogP contribution is 2.28. The van der Waals surface area contributed by atoms with Gasteiger partial charge in [-0.1, -0.05) is 33.1 Å². The number of hydrogen-bond acceptors (Lipinski definition) is 2. The first-order chi connectivity index (χ1) is 9.54. The second kappa shape index (κ2) is 7.44. The van der Waals surface area contributed by atoms with Crippen LogP contribution >= 0.6 is 0 Å². The minimum absolute atomic E-state index is 0.0561. The van der Waals surface area contributed by atoms with Crippen molar-refractivity contribution in [1.82, 2.24) is 10.6 Å². The number of carbonyl (C=O) groups excluding carboxylic acids is 1. The van der Waals surface area contributed by atoms with E-state index in [1.165, 1.54) is 38.5 Å². The number of amides is 1. The summed E-state index contributed by atoms with van der Waals surface area (Å²) in [5.41, 5.74) is 0. The lowest BCUT2D eigenvalue weighted by Crippen LogP contribution is -2.51. The van der Waals surface area contributed by atoms with Crippen LogP contribution in [-0.4, -0.2) is 24.0 Å². The molecule has 1 amide bonds. The average Bonchev–Trinajstić information content (AvgIpc) is 2.38. The lowest BCUT2D eigenvalue weighted by atomic mass is 9.80. The van der Waals surface area contributed by atoms with E-state index in [0.29, 0.717) is 12.1 Å². The highest BCUT2D eigenvalue weighted by molar-refractivity contribution is 5.81. The minimum Gasteiger partial charge on any atom is -0.352 e. The molecule has 3 heteroatoms. The predicted molar refractivity (Wildman–Crippen MR) is 83.6 cm³/mol. The normalized spacial score (nSPS) is 33.6. The molecule has 2 aliphatic carbocycles. The van der Waals surface area contributed by atoms with Gasteiger partial charge < -0.3 is 10.6 Å². The van der Waals surface area contributed by atoms with Crippen molar-refractivity contribution in [2.45, 2.75) is 90.3 Å². The van der Waals surface area contributed by atoms with E-state index >= 15 is 0 Å². The summed E-state index contributed by atoms with van der Waals surface area (Å²) in [4.78, 5) is 12.3. The summed E-state index contributed by atoms with van der Waals surface area (Å²) >= 11 is 0. The quantitative estimate of drug-likeness (QED) is 0.830. The zero-order valence-electron chi connectivity index (χ0n) is 13.5. The van der Waals surface area contributed by atoms with Gasteiger partial charge in [0, 0.05) is 12.1 Å². The van der Waals surface area contributed by atoms with Crippen molar-refractivity contribution in [3.8, 4) is 0 Å². The number of hydrogen-bond donors (Lipinski definition) is 2. The maximum atomic E-state index is 12.3. The fourth-order valence-corrected chi connectivity index (χ4v) is 4.09. The molecule has 0 spiro atoms. The molecule has 0 radical (unpaired) electrons. The van der Waals surface area contributed by atoms with Gasteiger partial charge in [-0.3, -0.25) is 4.79 Å². The summed E-state index contributed by atoms with van der Waals surface area (Å²) in [7, 11) is 0. The van der Waals surface area contributed by atoms with Crippen LogP contribution in [0.2, 0.25) is 0 Å². The van der Waals surface area contributed by atoms with E-state index in [9.17, 15) is 4.79 Å². The van der Waals surface area contributed by atoms with Gasteiger partial charge in [0.05, 0.1) is 6.04 Å². The molecular weight excluding hydrogens is 248 g/mol. The van der Waals surface area contributed by atoms with Gasteiger partial charge in [0.25, 0.3) is 0 Å². The zero-order chi connectivity index (χ0) is 14.5. The van der Waals surface area contributed by atoms with Gasteiger partial charge in [0.15, 0.2) is 0 Å². The summed E-state index contributed by atoms with van der Waals surface area (Å²) < 4.78 is 0. The average molecular weight is 280 g/mol. The van der Waals surface area contributed by atoms with Crippen molar-refractivity contribution in [3.05, 3.63) is 0 Å². The van der Waals surface area contributed by atoms with Gasteiger partial charge in [-0.05, 0) is 50.9 Å². The molecule has 2 N–H and O–H groups in total. The lowest BCUT2D eigenvalue weighted by molar-refractivity contribution is -0.124. The molecule has 0 saturated heterocycles. The van der Waals surface area contributed by atoms with Gasteiger partial charge in [-0.25, -0.2) is 0 Å². The van der Waals surface area contributed by atoms with Crippen molar-refractivity contribution >= 4 is 5.91 Å². The monoisotopic (exact) mass is 280 g/mol. The third kappa shape index (κ3) is 4.76. The molecule has 2 saturated carbocycles. The van der Waals surface area contributed by atoms with Crippen LogP contribution in [0.1, 0.15) is 72.1 Å². The van der Waals surface area contributed by atoms with Crippen LogP contribution in [0.5, 0.6) is 0 Å². The molecule has 2 fully saturated rings. The van der Waals surface area contributed by atoms with Crippen molar-refractivity contribution in [1.29, 1.82) is 0 Å². The first-order valence-corrected chi connectivity index (χ1v) is 8.61. The van der Waals surface area contributed by atoms with Crippen molar-refractivity contribution in [2.24, 2.45) is 11.8 Å². The Labute approximate surface area is 124 Å². The van der Waals surface area contributed by atoms with E-state index in [2.05, 4.69) is 24.5 Å². The summed E-state index contributed by atoms with van der Waals surface area (Å²) in [5.74, 6) is 1.76. The van der Waals surface area contributed by atoms with Crippen LogP contribution < -0.4 is 10.6 Å². The molecule has 3 atom stereocenters. The van der Waals surface area contributed by atoms with E-state index in [0.717, 1.165) is 24.7 Å². The molecule has 0 aromatic heterocycles. The molecule has 0 aromatic carbocycles. The Morgan fingerprint density at radius 3 is 2.15 bits per heavy atom. The Morgan fingerprint density at radius 1 is 0.950 bits per heavy atom. The van der Waals surface area contributed by atoms with Crippen LogP contribution in [0, 0.1) is 11.8 Å². The Bertz CT molecular complexity index is 302. The smallest absolute Gasteiger partial charge is 0.237 e. The summed E-state index contributed by atoms with van der Waals surface area (Å²) in [6.45, 7) is 6.68. The minimum atomic E-state index is -0.0561. The number of rotatable bonds is 4. The lowest BCUT2D eigenvalue weighted by Gasteiger charge is -2.34. The van der Waals surface area contributed by atoms with Gasteiger partial charge in [-0.15, -0.1) is 0 Å². The van der Waals surface area contributed by atoms with E-state index in [4.69, 9.17) is 0 Å². The Morgan fingerprint density at radius 2 is 1.55 bits per heavy atom. The van der Waals surface area contributed by atoms with Crippen LogP contribution in [0.15, 0.2) is 0 Å². The van der Waals surface area contributed by atoms with E-state index < -0.39 is 0 Å². The standard InChI is InChI=1S/C17H32N2O/c1-12-9-13(2)11-16(10-12)18-14(3)17(20)19-15-7-5-4-6-8-15/h12-16,18H,4-11H2,1-3H3,(H,19,20). The largest absolute Gasteiger partial charge is 0.352 e. The molecule has 3 unspecified atom stereocenters. The van der Waals surface area contributed by atoms with Crippen molar-refractivity contribution in [3.63, 3.8) is 0 Å². The predicted octanol–water partition coefficient (Wildman–Crippen LogP) is 3.24. The Kier molecular flexibility index (Phi) is 5.88. The maximum Gasteiger partial charge on any atom is 0.237 e. The van der Waals surface area contributed by atoms with Crippen LogP contribution in [0.4, 0.5) is 0 Å². The second-order valence-corrected chi connectivity index (χ2v) is 7.35. The SMILES string of the molecule is CC1CC(C)CC(NC(C)C(=O)NC2CCCCC2)C1. The second-order valence-electron chi connectivity index (χ2n) is 7.35. The molecule has 3 nitrogen and oxygen atoms in total. The van der Waals surface area contributed by atoms with E-state index in [1.807, 2.05) is 6.92 Å². The van der Waals surface area contributed by atoms with Gasteiger partial charge in [0.1, 0.15) is 0 Å². The molecule has 0 bridgehead atoms. The molecule has 2 rings (SSSR count). The third-order valence-corrected chi connectivity index (χ3v) is 5.01. The number of nitrogens with one attached hydrogen (secondary N) is 2. The Balaban J connectivity index is 1.75. The maximum absolute atomic E-state index is 12.3. The highest BCUT2D eigenvalue weighted by atomic mass is 16.2. The summed E-state index contributed by atoms with van der Waals surface area (Å²) in [5, 5.41) is 6.79. The van der Waals surface area contributed by atoms with Crippen molar-refractivity contribution < 1.29 is 4.79 Å². The number of carbonyl (C=O) groups is 1. The summed E-state index contributed by atoms with van der Waals surface area (Å²) in [6.07, 6.45) is 9.95. The zero-order valence-corrected chi connectivity index (χ0v) is 13.5. The first kappa shape index (κ1) is 15.8. The van der Waals surface area contributed by atoms with Crippen LogP contribution in [-0.2, 0) is 4.79 Å². The topological polar surface area (TPSA) is 41.1 Å². The van der Waals surface area contributed by atoms with Gasteiger partial charge in [0.2, 0.25) is 5.91 Å². The van der Waals surface area contributed by atoms with E-state index in [-0.39, 0.29) is 11.9 Å².